The SMILES string of the molecule is C=Cc1ccc(C(=Cc2ccc(OC)cc2)C(=O)O)cc1. The third-order valence-corrected chi connectivity index (χ3v) is 3.11. The Labute approximate surface area is 123 Å². The van der Waals surface area contributed by atoms with E-state index in [9.17, 15) is 9.90 Å². The molecule has 2 aromatic carbocycles. The van der Waals surface area contributed by atoms with Crippen LogP contribution in [0.2, 0.25) is 0 Å². The molecule has 0 aliphatic carbocycles. The van der Waals surface area contributed by atoms with Crippen molar-refractivity contribution < 1.29 is 14.6 Å². The molecule has 21 heavy (non-hydrogen) atoms. The van der Waals surface area contributed by atoms with Crippen molar-refractivity contribution >= 4 is 23.7 Å². The standard InChI is InChI=1S/C18H16O3/c1-3-13-4-8-15(9-5-13)17(18(19)20)12-14-6-10-16(21-2)11-7-14/h3-12H,1H2,2H3,(H,19,20). The molecule has 106 valence electrons. The minimum Gasteiger partial charge on any atom is -0.497 e. The van der Waals surface area contributed by atoms with Crippen molar-refractivity contribution in [2.24, 2.45) is 0 Å². The Hall–Kier alpha value is -2.81. The summed E-state index contributed by atoms with van der Waals surface area (Å²) in [5.74, 6) is -0.225. The zero-order valence-electron chi connectivity index (χ0n) is 11.7. The van der Waals surface area contributed by atoms with E-state index in [-0.39, 0.29) is 5.57 Å². The summed E-state index contributed by atoms with van der Waals surface area (Å²) >= 11 is 0. The third kappa shape index (κ3) is 3.60. The van der Waals surface area contributed by atoms with E-state index < -0.39 is 5.97 Å². The van der Waals surface area contributed by atoms with Gasteiger partial charge in [-0.15, -0.1) is 0 Å². The van der Waals surface area contributed by atoms with Crippen molar-refractivity contribution in [1.82, 2.24) is 0 Å². The molecule has 3 heteroatoms. The monoisotopic (exact) mass is 280 g/mol. The number of hydrogen-bond donors (Lipinski definition) is 1. The van der Waals surface area contributed by atoms with Gasteiger partial charge in [-0.25, -0.2) is 4.79 Å². The number of carboxylic acid groups (broad SMARTS) is 1. The van der Waals surface area contributed by atoms with Crippen molar-refractivity contribution in [1.29, 1.82) is 0 Å². The smallest absolute Gasteiger partial charge is 0.336 e. The normalized spacial score (nSPS) is 11.0. The number of methoxy groups -OCH3 is 1. The van der Waals surface area contributed by atoms with Crippen LogP contribution in [-0.4, -0.2) is 18.2 Å². The summed E-state index contributed by atoms with van der Waals surface area (Å²) < 4.78 is 5.09. The Bertz CT molecular complexity index is 665. The van der Waals surface area contributed by atoms with Crippen LogP contribution in [0.15, 0.2) is 55.1 Å². The molecule has 0 bridgehead atoms. The molecular weight excluding hydrogens is 264 g/mol. The summed E-state index contributed by atoms with van der Waals surface area (Å²) in [5, 5.41) is 9.40. The number of benzene rings is 2. The molecule has 0 amide bonds. The molecule has 0 spiro atoms. The molecule has 0 fully saturated rings. The Kier molecular flexibility index (Phi) is 4.57. The highest BCUT2D eigenvalue weighted by atomic mass is 16.5. The van der Waals surface area contributed by atoms with Gasteiger partial charge in [0, 0.05) is 0 Å². The summed E-state index contributed by atoms with van der Waals surface area (Å²) in [6, 6.07) is 14.5. The second-order valence-corrected chi connectivity index (χ2v) is 4.46. The molecule has 0 saturated heterocycles. The predicted molar refractivity (Wildman–Crippen MR) is 85.0 cm³/mol. The first-order valence-corrected chi connectivity index (χ1v) is 6.46. The van der Waals surface area contributed by atoms with E-state index in [1.165, 1.54) is 0 Å². The van der Waals surface area contributed by atoms with Crippen molar-refractivity contribution in [3.05, 3.63) is 71.8 Å². The molecule has 2 aromatic rings. The van der Waals surface area contributed by atoms with Crippen LogP contribution in [0.25, 0.3) is 17.7 Å². The number of rotatable bonds is 5. The highest BCUT2D eigenvalue weighted by molar-refractivity contribution is 6.20. The van der Waals surface area contributed by atoms with Crippen molar-refractivity contribution in [3.63, 3.8) is 0 Å². The van der Waals surface area contributed by atoms with E-state index in [1.54, 1.807) is 43.5 Å². The molecule has 0 unspecified atom stereocenters. The fourth-order valence-electron chi connectivity index (χ4n) is 1.93. The van der Waals surface area contributed by atoms with Crippen LogP contribution < -0.4 is 4.74 Å². The maximum atomic E-state index is 11.5. The zero-order chi connectivity index (χ0) is 15.2. The number of hydrogen-bond acceptors (Lipinski definition) is 2. The molecule has 0 saturated carbocycles. The Morgan fingerprint density at radius 1 is 1.05 bits per heavy atom. The average molecular weight is 280 g/mol. The highest BCUT2D eigenvalue weighted by Crippen LogP contribution is 2.21. The fraction of sp³-hybridized carbons (Fsp3) is 0.0556. The number of ether oxygens (including phenoxy) is 1. The van der Waals surface area contributed by atoms with Crippen LogP contribution in [0.3, 0.4) is 0 Å². The van der Waals surface area contributed by atoms with Crippen LogP contribution in [-0.2, 0) is 4.79 Å². The molecule has 0 aliphatic rings. The van der Waals surface area contributed by atoms with E-state index in [2.05, 4.69) is 6.58 Å². The van der Waals surface area contributed by atoms with Crippen molar-refractivity contribution in [2.45, 2.75) is 0 Å². The number of aliphatic carboxylic acids is 1. The molecule has 2 rings (SSSR count). The van der Waals surface area contributed by atoms with Gasteiger partial charge < -0.3 is 9.84 Å². The van der Waals surface area contributed by atoms with Crippen LogP contribution in [0, 0.1) is 0 Å². The Morgan fingerprint density at radius 2 is 1.62 bits per heavy atom. The maximum absolute atomic E-state index is 11.5. The van der Waals surface area contributed by atoms with Gasteiger partial charge in [-0.05, 0) is 34.9 Å². The molecular formula is C18H16O3. The largest absolute Gasteiger partial charge is 0.497 e. The lowest BCUT2D eigenvalue weighted by molar-refractivity contribution is -0.130. The minimum atomic E-state index is -0.961. The molecule has 0 heterocycles. The summed E-state index contributed by atoms with van der Waals surface area (Å²) in [4.78, 5) is 11.5. The summed E-state index contributed by atoms with van der Waals surface area (Å²) in [5.41, 5.74) is 2.66. The van der Waals surface area contributed by atoms with Crippen LogP contribution in [0.5, 0.6) is 5.75 Å². The van der Waals surface area contributed by atoms with Crippen molar-refractivity contribution in [2.75, 3.05) is 7.11 Å². The van der Waals surface area contributed by atoms with E-state index >= 15 is 0 Å². The summed E-state index contributed by atoms with van der Waals surface area (Å²) in [7, 11) is 1.59. The van der Waals surface area contributed by atoms with Gasteiger partial charge >= 0.3 is 5.97 Å². The first kappa shape index (κ1) is 14.6. The zero-order valence-corrected chi connectivity index (χ0v) is 11.7. The molecule has 3 nitrogen and oxygen atoms in total. The van der Waals surface area contributed by atoms with Gasteiger partial charge in [-0.2, -0.15) is 0 Å². The second-order valence-electron chi connectivity index (χ2n) is 4.46. The van der Waals surface area contributed by atoms with Gasteiger partial charge in [0.2, 0.25) is 0 Å². The lowest BCUT2D eigenvalue weighted by Gasteiger charge is -2.05. The highest BCUT2D eigenvalue weighted by Gasteiger charge is 2.10. The van der Waals surface area contributed by atoms with Crippen molar-refractivity contribution in [3.8, 4) is 5.75 Å². The lowest BCUT2D eigenvalue weighted by atomic mass is 10.0. The molecule has 0 aromatic heterocycles. The first-order chi connectivity index (χ1) is 10.1. The van der Waals surface area contributed by atoms with E-state index in [0.29, 0.717) is 5.56 Å². The predicted octanol–water partition coefficient (Wildman–Crippen LogP) is 3.96. The maximum Gasteiger partial charge on any atom is 0.336 e. The quantitative estimate of drug-likeness (QED) is 0.666. The molecule has 0 atom stereocenters. The molecule has 0 radical (unpaired) electrons. The summed E-state index contributed by atoms with van der Waals surface area (Å²) in [6.45, 7) is 3.68. The Morgan fingerprint density at radius 3 is 2.10 bits per heavy atom. The minimum absolute atomic E-state index is 0.246. The van der Waals surface area contributed by atoms with Crippen LogP contribution in [0.1, 0.15) is 16.7 Å². The molecule has 0 aliphatic heterocycles. The van der Waals surface area contributed by atoms with Gasteiger partial charge in [0.05, 0.1) is 12.7 Å². The summed E-state index contributed by atoms with van der Waals surface area (Å²) in [6.07, 6.45) is 3.36. The van der Waals surface area contributed by atoms with Crippen LogP contribution >= 0.6 is 0 Å². The van der Waals surface area contributed by atoms with Gasteiger partial charge in [0.25, 0.3) is 0 Å². The van der Waals surface area contributed by atoms with E-state index in [0.717, 1.165) is 16.9 Å². The fourth-order valence-corrected chi connectivity index (χ4v) is 1.93. The number of carbonyl (C=O) groups is 1. The average Bonchev–Trinajstić information content (AvgIpc) is 2.53. The Balaban J connectivity index is 2.38. The lowest BCUT2D eigenvalue weighted by Crippen LogP contribution is -1.99. The van der Waals surface area contributed by atoms with Gasteiger partial charge in [0.15, 0.2) is 0 Å². The van der Waals surface area contributed by atoms with Gasteiger partial charge in [-0.1, -0.05) is 49.1 Å². The van der Waals surface area contributed by atoms with Gasteiger partial charge in [0.1, 0.15) is 5.75 Å². The second kappa shape index (κ2) is 6.57. The van der Waals surface area contributed by atoms with E-state index in [4.69, 9.17) is 4.74 Å². The number of carboxylic acids is 1. The third-order valence-electron chi connectivity index (χ3n) is 3.11. The first-order valence-electron chi connectivity index (χ1n) is 6.46. The van der Waals surface area contributed by atoms with Crippen LogP contribution in [0.4, 0.5) is 0 Å². The van der Waals surface area contributed by atoms with E-state index in [1.807, 2.05) is 24.3 Å². The topological polar surface area (TPSA) is 46.5 Å². The van der Waals surface area contributed by atoms with Gasteiger partial charge in [-0.3, -0.25) is 0 Å². The molecule has 1 N–H and O–H groups in total.